The molecular formula is C10H18N2O2S2. The predicted octanol–water partition coefficient (Wildman–Crippen LogP) is 0.643. The van der Waals surface area contributed by atoms with Gasteiger partial charge in [-0.15, -0.1) is 0 Å². The van der Waals surface area contributed by atoms with Crippen molar-refractivity contribution in [2.24, 2.45) is 5.73 Å². The summed E-state index contributed by atoms with van der Waals surface area (Å²) in [4.78, 5) is 14.0. The molecule has 4 nitrogen and oxygen atoms in total. The third-order valence-electron chi connectivity index (χ3n) is 3.03. The number of hydrogen-bond acceptors (Lipinski definition) is 4. The van der Waals surface area contributed by atoms with E-state index in [0.717, 1.165) is 12.8 Å². The highest BCUT2D eigenvalue weighted by atomic mass is 32.2. The topological polar surface area (TPSA) is 55.6 Å². The molecule has 0 atom stereocenters. The van der Waals surface area contributed by atoms with Crippen LogP contribution in [-0.2, 0) is 9.53 Å². The second-order valence-corrected chi connectivity index (χ2v) is 5.51. The predicted molar refractivity (Wildman–Crippen MR) is 70.7 cm³/mol. The first kappa shape index (κ1) is 13.7. The maximum Gasteiger partial charge on any atom is 0.248 e. The van der Waals surface area contributed by atoms with E-state index in [4.69, 9.17) is 22.7 Å². The summed E-state index contributed by atoms with van der Waals surface area (Å²) < 4.78 is 4.71. The van der Waals surface area contributed by atoms with E-state index in [1.807, 2.05) is 11.2 Å². The van der Waals surface area contributed by atoms with Crippen molar-refractivity contribution >= 4 is 34.9 Å². The molecular weight excluding hydrogens is 244 g/mol. The molecule has 2 N–H and O–H groups in total. The highest BCUT2D eigenvalue weighted by Crippen LogP contribution is 2.34. The highest BCUT2D eigenvalue weighted by Gasteiger charge is 2.37. The summed E-state index contributed by atoms with van der Waals surface area (Å²) in [6, 6.07) is 0. The fourth-order valence-electron chi connectivity index (χ4n) is 1.88. The van der Waals surface area contributed by atoms with E-state index in [-0.39, 0.29) is 17.3 Å². The quantitative estimate of drug-likeness (QED) is 0.754. The van der Waals surface area contributed by atoms with Crippen molar-refractivity contribution < 1.29 is 9.53 Å². The third kappa shape index (κ3) is 2.87. The zero-order valence-corrected chi connectivity index (χ0v) is 11.3. The minimum Gasteiger partial charge on any atom is -0.392 e. The molecule has 16 heavy (non-hydrogen) atoms. The molecule has 0 spiro atoms. The Morgan fingerprint density at radius 1 is 1.56 bits per heavy atom. The lowest BCUT2D eigenvalue weighted by Crippen LogP contribution is -2.51. The number of likely N-dealkylation sites (tertiary alicyclic amines) is 1. The Morgan fingerprint density at radius 2 is 2.12 bits per heavy atom. The molecule has 0 bridgehead atoms. The van der Waals surface area contributed by atoms with E-state index in [0.29, 0.717) is 18.1 Å². The molecule has 92 valence electrons. The first-order valence-corrected chi connectivity index (χ1v) is 6.81. The fraction of sp³-hybridized carbons (Fsp3) is 0.800. The number of nitrogens with zero attached hydrogens (tertiary/aromatic N) is 1. The molecule has 0 aromatic carbocycles. The van der Waals surface area contributed by atoms with Crippen LogP contribution in [-0.4, -0.2) is 53.6 Å². The Balaban J connectivity index is 2.56. The molecule has 0 radical (unpaired) electrons. The number of amides is 1. The first-order valence-electron chi connectivity index (χ1n) is 5.17. The monoisotopic (exact) mass is 262 g/mol. The van der Waals surface area contributed by atoms with Gasteiger partial charge in [0.25, 0.3) is 0 Å². The summed E-state index contributed by atoms with van der Waals surface area (Å²) in [6.07, 6.45) is 3.68. The van der Waals surface area contributed by atoms with Gasteiger partial charge in [0.05, 0.1) is 9.74 Å². The summed E-state index contributed by atoms with van der Waals surface area (Å²) in [6.45, 7) is 1.57. The van der Waals surface area contributed by atoms with Crippen molar-refractivity contribution in [3.05, 3.63) is 0 Å². The van der Waals surface area contributed by atoms with E-state index in [1.54, 1.807) is 11.8 Å². The zero-order valence-electron chi connectivity index (χ0n) is 9.69. The first-order chi connectivity index (χ1) is 7.55. The van der Waals surface area contributed by atoms with Gasteiger partial charge in [0, 0.05) is 20.2 Å². The smallest absolute Gasteiger partial charge is 0.248 e. The molecule has 1 aliphatic rings. The summed E-state index contributed by atoms with van der Waals surface area (Å²) >= 11 is 6.80. The van der Waals surface area contributed by atoms with Crippen molar-refractivity contribution in [3.8, 4) is 0 Å². The number of hydrogen-bond donors (Lipinski definition) is 1. The summed E-state index contributed by atoms with van der Waals surface area (Å²) in [5, 5.41) is 0. The molecule has 0 aliphatic carbocycles. The summed E-state index contributed by atoms with van der Waals surface area (Å²) in [5.74, 6) is 0.0418. The largest absolute Gasteiger partial charge is 0.392 e. The molecule has 0 unspecified atom stereocenters. The van der Waals surface area contributed by atoms with Gasteiger partial charge in [0.1, 0.15) is 6.61 Å². The van der Waals surface area contributed by atoms with Crippen LogP contribution in [0.4, 0.5) is 0 Å². The Kier molecular flexibility index (Phi) is 5.01. The fourth-order valence-corrected chi connectivity index (χ4v) is 3.13. The van der Waals surface area contributed by atoms with Crippen LogP contribution in [0.15, 0.2) is 0 Å². The van der Waals surface area contributed by atoms with Gasteiger partial charge in [-0.05, 0) is 19.1 Å². The summed E-state index contributed by atoms with van der Waals surface area (Å²) in [5.41, 5.74) is 5.78. The van der Waals surface area contributed by atoms with Gasteiger partial charge in [-0.2, -0.15) is 11.8 Å². The highest BCUT2D eigenvalue weighted by molar-refractivity contribution is 8.02. The lowest BCUT2D eigenvalue weighted by Gasteiger charge is -2.39. The number of rotatable bonds is 4. The Morgan fingerprint density at radius 3 is 2.50 bits per heavy atom. The normalized spacial score (nSPS) is 19.5. The average Bonchev–Trinajstić information content (AvgIpc) is 2.29. The molecule has 0 saturated carbocycles. The lowest BCUT2D eigenvalue weighted by atomic mass is 9.95. The van der Waals surface area contributed by atoms with Gasteiger partial charge >= 0.3 is 0 Å². The third-order valence-corrected chi connectivity index (χ3v) is 4.96. The molecule has 0 aromatic rings. The molecule has 1 fully saturated rings. The molecule has 1 aliphatic heterocycles. The van der Waals surface area contributed by atoms with Crippen LogP contribution >= 0.6 is 24.0 Å². The van der Waals surface area contributed by atoms with Gasteiger partial charge in [0.2, 0.25) is 5.91 Å². The number of methoxy groups -OCH3 is 1. The lowest BCUT2D eigenvalue weighted by molar-refractivity contribution is -0.136. The van der Waals surface area contributed by atoms with Crippen LogP contribution in [0.5, 0.6) is 0 Å². The molecule has 1 amide bonds. The SMILES string of the molecule is COCC(=O)N1CCC(SC)(C(N)=S)CC1. The van der Waals surface area contributed by atoms with E-state index in [1.165, 1.54) is 7.11 Å². The molecule has 1 rings (SSSR count). The number of thioether (sulfide) groups is 1. The van der Waals surface area contributed by atoms with Crippen molar-refractivity contribution in [3.63, 3.8) is 0 Å². The number of ether oxygens (including phenoxy) is 1. The van der Waals surface area contributed by atoms with Crippen LogP contribution in [0.25, 0.3) is 0 Å². The zero-order chi connectivity index (χ0) is 12.2. The maximum atomic E-state index is 11.6. The molecule has 6 heteroatoms. The van der Waals surface area contributed by atoms with E-state index < -0.39 is 0 Å². The number of carbonyl (C=O) groups is 1. The van der Waals surface area contributed by atoms with E-state index in [9.17, 15) is 4.79 Å². The maximum absolute atomic E-state index is 11.6. The van der Waals surface area contributed by atoms with Gasteiger partial charge in [0.15, 0.2) is 0 Å². The number of thiocarbonyl (C=S) groups is 1. The Labute approximate surface area is 106 Å². The van der Waals surface area contributed by atoms with Gasteiger partial charge in [-0.3, -0.25) is 4.79 Å². The van der Waals surface area contributed by atoms with Gasteiger partial charge in [-0.1, -0.05) is 12.2 Å². The van der Waals surface area contributed by atoms with Crippen LogP contribution in [0.2, 0.25) is 0 Å². The van der Waals surface area contributed by atoms with Crippen LogP contribution in [0.3, 0.4) is 0 Å². The van der Waals surface area contributed by atoms with Crippen LogP contribution in [0.1, 0.15) is 12.8 Å². The molecule has 1 heterocycles. The second-order valence-electron chi connectivity index (χ2n) is 3.88. The van der Waals surface area contributed by atoms with Crippen molar-refractivity contribution in [2.45, 2.75) is 17.6 Å². The second kappa shape index (κ2) is 5.84. The van der Waals surface area contributed by atoms with E-state index in [2.05, 4.69) is 0 Å². The minimum absolute atomic E-state index is 0.0418. The number of carbonyl (C=O) groups excluding carboxylic acids is 1. The number of nitrogens with two attached hydrogens (primary N) is 1. The molecule has 0 aromatic heterocycles. The summed E-state index contributed by atoms with van der Waals surface area (Å²) in [7, 11) is 1.53. The van der Waals surface area contributed by atoms with Crippen molar-refractivity contribution in [1.82, 2.24) is 4.90 Å². The van der Waals surface area contributed by atoms with E-state index >= 15 is 0 Å². The van der Waals surface area contributed by atoms with Crippen LogP contribution < -0.4 is 5.73 Å². The Hall–Kier alpha value is -0.330. The van der Waals surface area contributed by atoms with Gasteiger partial charge < -0.3 is 15.4 Å². The minimum atomic E-state index is -0.126. The standard InChI is InChI=1S/C10H18N2O2S2/c1-14-7-8(13)12-5-3-10(16-2,4-6-12)9(11)15/h3-7H2,1-2H3,(H2,11,15). The van der Waals surface area contributed by atoms with Gasteiger partial charge in [-0.25, -0.2) is 0 Å². The Bertz CT molecular complexity index is 276. The van der Waals surface area contributed by atoms with Crippen molar-refractivity contribution in [1.29, 1.82) is 0 Å². The molecule has 1 saturated heterocycles. The number of piperidine rings is 1. The average molecular weight is 262 g/mol. The van der Waals surface area contributed by atoms with Crippen molar-refractivity contribution in [2.75, 3.05) is 33.1 Å². The van der Waals surface area contributed by atoms with Crippen LogP contribution in [0, 0.1) is 0 Å².